The molecule has 0 unspecified atom stereocenters. The zero-order chi connectivity index (χ0) is 31.7. The summed E-state index contributed by atoms with van der Waals surface area (Å²) in [5.74, 6) is 1.73. The standard InChI is InChI=1S/C39H56O5/c1-35(2)29-14-10-26-23-36(3)20-17-31-38(5,30(36)15-13-28(26)37(29,4)21-18-32(35)41)22-19-33(42)39(31,6)24-44-34(43)16-9-25-7-11-27(40)12-8-25/h7-12,16,28-33,40-42H,13-15,17-24H2,1-6H3/b16-9+/t28-,29-,30-,31+,32+,33-,36-,37+,38+,39+/m0/s1. The van der Waals surface area contributed by atoms with Crippen LogP contribution >= 0.6 is 0 Å². The number of rotatable bonds is 4. The van der Waals surface area contributed by atoms with E-state index in [2.05, 4.69) is 47.6 Å². The fourth-order valence-corrected chi connectivity index (χ4v) is 12.0. The van der Waals surface area contributed by atoms with E-state index < -0.39 is 17.5 Å². The monoisotopic (exact) mass is 604 g/mol. The van der Waals surface area contributed by atoms with E-state index in [0.717, 1.165) is 50.5 Å². The van der Waals surface area contributed by atoms with E-state index >= 15 is 0 Å². The lowest BCUT2D eigenvalue weighted by molar-refractivity contribution is -0.196. The van der Waals surface area contributed by atoms with Crippen molar-refractivity contribution >= 4 is 12.0 Å². The minimum atomic E-state index is -0.495. The number of aliphatic hydroxyl groups is 2. The van der Waals surface area contributed by atoms with Gasteiger partial charge in [0.2, 0.25) is 0 Å². The molecule has 4 fully saturated rings. The molecule has 5 nitrogen and oxygen atoms in total. The summed E-state index contributed by atoms with van der Waals surface area (Å²) in [6.07, 6.45) is 15.7. The molecule has 0 aliphatic heterocycles. The quantitative estimate of drug-likeness (QED) is 0.184. The molecular formula is C39H56O5. The molecule has 5 aliphatic carbocycles. The zero-order valence-electron chi connectivity index (χ0n) is 27.9. The summed E-state index contributed by atoms with van der Waals surface area (Å²) in [5, 5.41) is 32.0. The molecule has 5 heteroatoms. The van der Waals surface area contributed by atoms with Crippen molar-refractivity contribution in [2.24, 2.45) is 50.7 Å². The Morgan fingerprint density at radius 3 is 2.25 bits per heavy atom. The first-order valence-corrected chi connectivity index (χ1v) is 17.3. The summed E-state index contributed by atoms with van der Waals surface area (Å²) < 4.78 is 5.89. The number of ether oxygens (including phenoxy) is 1. The highest BCUT2D eigenvalue weighted by Gasteiger charge is 2.64. The van der Waals surface area contributed by atoms with Crippen molar-refractivity contribution in [2.45, 2.75) is 118 Å². The lowest BCUT2D eigenvalue weighted by atomic mass is 9.42. The van der Waals surface area contributed by atoms with Crippen LogP contribution in [0.3, 0.4) is 0 Å². The van der Waals surface area contributed by atoms with Crippen LogP contribution in [-0.2, 0) is 9.53 Å². The third-order valence-electron chi connectivity index (χ3n) is 14.5. The van der Waals surface area contributed by atoms with E-state index in [4.69, 9.17) is 4.74 Å². The predicted octanol–water partition coefficient (Wildman–Crippen LogP) is 8.08. The first-order chi connectivity index (χ1) is 20.6. The van der Waals surface area contributed by atoms with Crippen LogP contribution in [0.25, 0.3) is 6.08 Å². The van der Waals surface area contributed by atoms with E-state index in [1.807, 2.05) is 0 Å². The Morgan fingerprint density at radius 2 is 1.52 bits per heavy atom. The largest absolute Gasteiger partial charge is 0.508 e. The number of benzene rings is 1. The number of fused-ring (bicyclic) bond motifs is 6. The van der Waals surface area contributed by atoms with Crippen LogP contribution in [0.5, 0.6) is 5.75 Å². The Balaban J connectivity index is 1.22. The minimum absolute atomic E-state index is 0.0624. The second-order valence-electron chi connectivity index (χ2n) is 17.2. The molecule has 6 rings (SSSR count). The van der Waals surface area contributed by atoms with Gasteiger partial charge in [-0.3, -0.25) is 0 Å². The maximum absolute atomic E-state index is 12.8. The Hall–Kier alpha value is -2.11. The van der Waals surface area contributed by atoms with Crippen LogP contribution in [0.2, 0.25) is 0 Å². The Labute approximate surface area is 265 Å². The SMILES string of the molecule is CC1(C)[C@H](O)CC[C@]2(C)[C@H]3CC[C@H]4[C@@](C)(CC[C@@H]5[C@]4(C)CC[C@H](O)[C@]5(C)COC(=O)/C=C/c4ccc(O)cc4)CC3=CC[C@@H]12. The average molecular weight is 605 g/mol. The van der Waals surface area contributed by atoms with Crippen molar-refractivity contribution in [1.29, 1.82) is 0 Å². The van der Waals surface area contributed by atoms with Crippen molar-refractivity contribution in [1.82, 2.24) is 0 Å². The molecule has 0 spiro atoms. The molecule has 1 aromatic rings. The number of aliphatic hydroxyl groups excluding tert-OH is 2. The summed E-state index contributed by atoms with van der Waals surface area (Å²) in [7, 11) is 0. The first-order valence-electron chi connectivity index (χ1n) is 17.3. The van der Waals surface area contributed by atoms with Gasteiger partial charge in [-0.2, -0.15) is 0 Å². The highest BCUT2D eigenvalue weighted by molar-refractivity contribution is 5.87. The molecule has 10 atom stereocenters. The van der Waals surface area contributed by atoms with Crippen molar-refractivity contribution < 1.29 is 24.9 Å². The number of carbonyl (C=O) groups is 1. The third kappa shape index (κ3) is 5.00. The lowest BCUT2D eigenvalue weighted by Gasteiger charge is -2.64. The maximum Gasteiger partial charge on any atom is 0.330 e. The molecule has 1 aromatic carbocycles. The summed E-state index contributed by atoms with van der Waals surface area (Å²) in [5.41, 5.74) is 2.49. The van der Waals surface area contributed by atoms with Gasteiger partial charge in [-0.05, 0) is 133 Å². The summed E-state index contributed by atoms with van der Waals surface area (Å²) >= 11 is 0. The fraction of sp³-hybridized carbons (Fsp3) is 0.718. The summed E-state index contributed by atoms with van der Waals surface area (Å²) in [4.78, 5) is 12.8. The van der Waals surface area contributed by atoms with Crippen LogP contribution in [0.4, 0.5) is 0 Å². The number of hydrogen-bond donors (Lipinski definition) is 3. The first kappa shape index (κ1) is 31.9. The van der Waals surface area contributed by atoms with Crippen molar-refractivity contribution in [3.8, 4) is 5.75 Å². The topological polar surface area (TPSA) is 87.0 Å². The minimum Gasteiger partial charge on any atom is -0.508 e. The molecule has 242 valence electrons. The highest BCUT2D eigenvalue weighted by atomic mass is 16.5. The number of aromatic hydroxyl groups is 1. The molecule has 4 saturated carbocycles. The van der Waals surface area contributed by atoms with Crippen LogP contribution < -0.4 is 0 Å². The molecule has 0 radical (unpaired) electrons. The maximum atomic E-state index is 12.8. The molecule has 5 aliphatic rings. The molecule has 0 bridgehead atoms. The van der Waals surface area contributed by atoms with Gasteiger partial charge >= 0.3 is 5.97 Å². The van der Waals surface area contributed by atoms with Gasteiger partial charge in [0.1, 0.15) is 5.75 Å². The number of phenols is 1. The number of hydrogen-bond acceptors (Lipinski definition) is 5. The molecule has 0 aromatic heterocycles. The van der Waals surface area contributed by atoms with Gasteiger partial charge in [0.05, 0.1) is 18.8 Å². The highest BCUT2D eigenvalue weighted by Crippen LogP contribution is 2.70. The predicted molar refractivity (Wildman–Crippen MR) is 175 cm³/mol. The number of allylic oxidation sites excluding steroid dienone is 2. The van der Waals surface area contributed by atoms with Gasteiger partial charge in [0, 0.05) is 11.5 Å². The second kappa shape index (κ2) is 11.0. The van der Waals surface area contributed by atoms with Crippen LogP contribution in [0.15, 0.2) is 42.0 Å². The van der Waals surface area contributed by atoms with E-state index in [9.17, 15) is 20.1 Å². The molecule has 44 heavy (non-hydrogen) atoms. The Bertz CT molecular complexity index is 1310. The van der Waals surface area contributed by atoms with Gasteiger partial charge in [-0.1, -0.05) is 65.3 Å². The molecular weight excluding hydrogens is 548 g/mol. The fourth-order valence-electron chi connectivity index (χ4n) is 12.0. The smallest absolute Gasteiger partial charge is 0.330 e. The van der Waals surface area contributed by atoms with Gasteiger partial charge in [0.25, 0.3) is 0 Å². The molecule has 0 amide bonds. The molecule has 0 saturated heterocycles. The van der Waals surface area contributed by atoms with Gasteiger partial charge < -0.3 is 20.1 Å². The van der Waals surface area contributed by atoms with Gasteiger partial charge in [-0.15, -0.1) is 0 Å². The molecule has 3 N–H and O–H groups in total. The van der Waals surface area contributed by atoms with Crippen LogP contribution in [0, 0.1) is 50.7 Å². The van der Waals surface area contributed by atoms with Gasteiger partial charge in [-0.25, -0.2) is 4.79 Å². The normalized spacial score (nSPS) is 44.8. The zero-order valence-corrected chi connectivity index (χ0v) is 27.9. The Morgan fingerprint density at radius 1 is 0.841 bits per heavy atom. The summed E-state index contributed by atoms with van der Waals surface area (Å²) in [6, 6.07) is 6.71. The third-order valence-corrected chi connectivity index (χ3v) is 14.5. The van der Waals surface area contributed by atoms with Gasteiger partial charge in [0.15, 0.2) is 0 Å². The second-order valence-corrected chi connectivity index (χ2v) is 17.2. The van der Waals surface area contributed by atoms with Crippen LogP contribution in [-0.4, -0.2) is 40.1 Å². The van der Waals surface area contributed by atoms with E-state index in [1.165, 1.54) is 25.3 Å². The average Bonchev–Trinajstić information content (AvgIpc) is 3.13. The van der Waals surface area contributed by atoms with E-state index in [0.29, 0.717) is 17.8 Å². The van der Waals surface area contributed by atoms with E-state index in [1.54, 1.807) is 35.9 Å². The van der Waals surface area contributed by atoms with E-state index in [-0.39, 0.29) is 46.0 Å². The van der Waals surface area contributed by atoms with Crippen LogP contribution in [0.1, 0.15) is 111 Å². The summed E-state index contributed by atoms with van der Waals surface area (Å²) in [6.45, 7) is 14.6. The van der Waals surface area contributed by atoms with Crippen molar-refractivity contribution in [2.75, 3.05) is 6.61 Å². The van der Waals surface area contributed by atoms with Crippen molar-refractivity contribution in [3.05, 3.63) is 47.6 Å². The molecule has 0 heterocycles. The number of phenolic OH excluding ortho intramolecular Hbond substituents is 1. The number of carbonyl (C=O) groups excluding carboxylic acids is 1. The number of esters is 1. The van der Waals surface area contributed by atoms with Crippen molar-refractivity contribution in [3.63, 3.8) is 0 Å². The lowest BCUT2D eigenvalue weighted by Crippen LogP contribution is -2.60. The Kier molecular flexibility index (Phi) is 7.97.